The molecule has 0 unspecified atom stereocenters. The quantitative estimate of drug-likeness (QED) is 0.732. The fourth-order valence-corrected chi connectivity index (χ4v) is 2.48. The van der Waals surface area contributed by atoms with Gasteiger partial charge in [-0.05, 0) is 45.8 Å². The molecule has 0 aliphatic heterocycles. The first-order valence-corrected chi connectivity index (χ1v) is 7.78. The second-order valence-corrected chi connectivity index (χ2v) is 5.85. The number of nitrogens with zero attached hydrogens (tertiary/aromatic N) is 1. The molecule has 2 aromatic rings. The van der Waals surface area contributed by atoms with Crippen molar-refractivity contribution >= 4 is 27.8 Å². The van der Waals surface area contributed by atoms with Gasteiger partial charge in [0.15, 0.2) is 0 Å². The lowest BCUT2D eigenvalue weighted by Crippen LogP contribution is -2.42. The number of aromatic nitrogens is 1. The Hall–Kier alpha value is -2.42. The summed E-state index contributed by atoms with van der Waals surface area (Å²) in [6.07, 6.45) is -3.16. The number of aliphatic carboxylic acids is 1. The third-order valence-electron chi connectivity index (χ3n) is 3.32. The molecule has 1 atom stereocenters. The lowest BCUT2D eigenvalue weighted by Gasteiger charge is -2.16. The Morgan fingerprint density at radius 1 is 1.24 bits per heavy atom. The molecule has 0 aliphatic carbocycles. The van der Waals surface area contributed by atoms with Gasteiger partial charge in [0.2, 0.25) is 0 Å². The van der Waals surface area contributed by atoms with Gasteiger partial charge in [-0.2, -0.15) is 13.2 Å². The number of benzene rings is 1. The van der Waals surface area contributed by atoms with Crippen molar-refractivity contribution in [3.63, 3.8) is 0 Å². The number of rotatable bonds is 5. The predicted octanol–water partition coefficient (Wildman–Crippen LogP) is 3.29. The van der Waals surface area contributed by atoms with E-state index < -0.39 is 29.7 Å². The van der Waals surface area contributed by atoms with Crippen LogP contribution in [0.25, 0.3) is 0 Å². The third kappa shape index (κ3) is 5.02. The zero-order valence-corrected chi connectivity index (χ0v) is 14.1. The van der Waals surface area contributed by atoms with Gasteiger partial charge in [0.25, 0.3) is 5.91 Å². The normalized spacial score (nSPS) is 12.5. The summed E-state index contributed by atoms with van der Waals surface area (Å²) in [6.45, 7) is 0. The molecule has 1 amide bonds. The highest BCUT2D eigenvalue weighted by atomic mass is 79.9. The molecule has 1 aromatic heterocycles. The lowest BCUT2D eigenvalue weighted by molar-refractivity contribution is -0.139. The third-order valence-corrected chi connectivity index (χ3v) is 4.03. The van der Waals surface area contributed by atoms with E-state index in [4.69, 9.17) is 0 Å². The number of carboxylic acid groups (broad SMARTS) is 1. The standard InChI is InChI=1S/C16H12BrF3N2O3/c17-13-9(4-2-6-21-13)8-12(15(24)25)22-14(23)10-3-1-5-11(7-10)16(18,19)20/h1-7,12H,8H2,(H,22,23)(H,24,25)/t12-/m1/s1. The number of nitrogens with one attached hydrogen (secondary N) is 1. The number of hydrogen-bond acceptors (Lipinski definition) is 3. The lowest BCUT2D eigenvalue weighted by atomic mass is 10.1. The number of alkyl halides is 3. The Labute approximate surface area is 149 Å². The molecule has 1 heterocycles. The van der Waals surface area contributed by atoms with Gasteiger partial charge >= 0.3 is 12.1 Å². The van der Waals surface area contributed by atoms with Gasteiger partial charge in [-0.15, -0.1) is 0 Å². The maximum absolute atomic E-state index is 12.7. The molecule has 0 saturated heterocycles. The number of carbonyl (C=O) groups excluding carboxylic acids is 1. The van der Waals surface area contributed by atoms with Crippen LogP contribution in [0.3, 0.4) is 0 Å². The van der Waals surface area contributed by atoms with Crippen LogP contribution in [-0.4, -0.2) is 28.0 Å². The van der Waals surface area contributed by atoms with Crippen molar-refractivity contribution in [1.82, 2.24) is 10.3 Å². The zero-order chi connectivity index (χ0) is 18.6. The summed E-state index contributed by atoms with van der Waals surface area (Å²) < 4.78 is 38.6. The van der Waals surface area contributed by atoms with E-state index in [0.29, 0.717) is 16.2 Å². The second kappa shape index (κ2) is 7.64. The van der Waals surface area contributed by atoms with Crippen LogP contribution in [0.2, 0.25) is 0 Å². The maximum atomic E-state index is 12.7. The Balaban J connectivity index is 2.18. The predicted molar refractivity (Wildman–Crippen MR) is 86.0 cm³/mol. The summed E-state index contributed by atoms with van der Waals surface area (Å²) in [5.41, 5.74) is -0.715. The molecule has 2 N–H and O–H groups in total. The van der Waals surface area contributed by atoms with Crippen LogP contribution in [0.5, 0.6) is 0 Å². The summed E-state index contributed by atoms with van der Waals surface area (Å²) in [5, 5.41) is 11.5. The van der Waals surface area contributed by atoms with E-state index >= 15 is 0 Å². The van der Waals surface area contributed by atoms with Crippen molar-refractivity contribution in [2.24, 2.45) is 0 Å². The highest BCUT2D eigenvalue weighted by molar-refractivity contribution is 9.10. The highest BCUT2D eigenvalue weighted by Crippen LogP contribution is 2.29. The van der Waals surface area contributed by atoms with E-state index in [-0.39, 0.29) is 12.0 Å². The van der Waals surface area contributed by atoms with E-state index in [9.17, 15) is 27.9 Å². The Bertz CT molecular complexity index is 796. The summed E-state index contributed by atoms with van der Waals surface area (Å²) >= 11 is 3.17. The molecule has 0 saturated carbocycles. The second-order valence-electron chi connectivity index (χ2n) is 5.10. The van der Waals surface area contributed by atoms with Crippen molar-refractivity contribution in [2.75, 3.05) is 0 Å². The average molecular weight is 417 g/mol. The molecule has 9 heteroatoms. The molecule has 5 nitrogen and oxygen atoms in total. The van der Waals surface area contributed by atoms with Crippen molar-refractivity contribution in [1.29, 1.82) is 0 Å². The van der Waals surface area contributed by atoms with E-state index in [1.165, 1.54) is 12.3 Å². The van der Waals surface area contributed by atoms with Crippen LogP contribution in [0, 0.1) is 0 Å². The number of carboxylic acids is 1. The first-order valence-electron chi connectivity index (χ1n) is 6.99. The Kier molecular flexibility index (Phi) is 5.78. The molecule has 1 aromatic carbocycles. The Morgan fingerprint density at radius 2 is 1.96 bits per heavy atom. The minimum Gasteiger partial charge on any atom is -0.480 e. The average Bonchev–Trinajstić information content (AvgIpc) is 2.55. The van der Waals surface area contributed by atoms with Crippen molar-refractivity contribution in [3.05, 3.63) is 63.9 Å². The topological polar surface area (TPSA) is 79.3 Å². The molecule has 0 aliphatic rings. The van der Waals surface area contributed by atoms with Gasteiger partial charge in [-0.1, -0.05) is 12.1 Å². The summed E-state index contributed by atoms with van der Waals surface area (Å²) in [4.78, 5) is 27.5. The SMILES string of the molecule is O=C(N[C@H](Cc1cccnc1Br)C(=O)O)c1cccc(C(F)(F)F)c1. The van der Waals surface area contributed by atoms with Gasteiger partial charge in [-0.25, -0.2) is 9.78 Å². The number of carbonyl (C=O) groups is 2. The summed E-state index contributed by atoms with van der Waals surface area (Å²) in [6, 6.07) is 5.70. The van der Waals surface area contributed by atoms with Gasteiger partial charge in [0.1, 0.15) is 10.6 Å². The molecule has 0 radical (unpaired) electrons. The summed E-state index contributed by atoms with van der Waals surface area (Å²) in [7, 11) is 0. The van der Waals surface area contributed by atoms with Crippen LogP contribution in [0.15, 0.2) is 47.2 Å². The number of hydrogen-bond donors (Lipinski definition) is 2. The van der Waals surface area contributed by atoms with Gasteiger partial charge in [0.05, 0.1) is 5.56 Å². The first kappa shape index (κ1) is 18.9. The highest BCUT2D eigenvalue weighted by Gasteiger charge is 2.31. The van der Waals surface area contributed by atoms with Crippen molar-refractivity contribution in [2.45, 2.75) is 18.6 Å². The van der Waals surface area contributed by atoms with Gasteiger partial charge in [0, 0.05) is 18.2 Å². The van der Waals surface area contributed by atoms with Gasteiger partial charge < -0.3 is 10.4 Å². The van der Waals surface area contributed by atoms with Crippen LogP contribution < -0.4 is 5.32 Å². The Morgan fingerprint density at radius 3 is 2.56 bits per heavy atom. The maximum Gasteiger partial charge on any atom is 0.416 e. The molecule has 25 heavy (non-hydrogen) atoms. The monoisotopic (exact) mass is 416 g/mol. The van der Waals surface area contributed by atoms with E-state index in [2.05, 4.69) is 26.2 Å². The fraction of sp³-hybridized carbons (Fsp3) is 0.188. The van der Waals surface area contributed by atoms with Crippen LogP contribution in [0.4, 0.5) is 13.2 Å². The number of amides is 1. The van der Waals surface area contributed by atoms with Crippen molar-refractivity contribution < 1.29 is 27.9 Å². The van der Waals surface area contributed by atoms with E-state index in [1.54, 1.807) is 12.1 Å². The van der Waals surface area contributed by atoms with Gasteiger partial charge in [-0.3, -0.25) is 4.79 Å². The summed E-state index contributed by atoms with van der Waals surface area (Å²) in [5.74, 6) is -2.21. The molecule has 0 spiro atoms. The van der Waals surface area contributed by atoms with Crippen molar-refractivity contribution in [3.8, 4) is 0 Å². The number of pyridine rings is 1. The molecule has 0 fully saturated rings. The van der Waals surface area contributed by atoms with Crippen LogP contribution >= 0.6 is 15.9 Å². The molecular formula is C16H12BrF3N2O3. The zero-order valence-electron chi connectivity index (χ0n) is 12.5. The fourth-order valence-electron chi connectivity index (χ4n) is 2.07. The largest absolute Gasteiger partial charge is 0.480 e. The number of halogens is 4. The minimum absolute atomic E-state index is 0.0749. The van der Waals surface area contributed by atoms with E-state index in [1.807, 2.05) is 0 Å². The molecule has 2 rings (SSSR count). The first-order chi connectivity index (χ1) is 11.7. The van der Waals surface area contributed by atoms with Crippen LogP contribution in [0.1, 0.15) is 21.5 Å². The molecule has 132 valence electrons. The minimum atomic E-state index is -4.59. The van der Waals surface area contributed by atoms with E-state index in [0.717, 1.165) is 12.1 Å². The molecular weight excluding hydrogens is 405 g/mol. The molecule has 0 bridgehead atoms. The smallest absolute Gasteiger partial charge is 0.416 e. The van der Waals surface area contributed by atoms with Crippen LogP contribution in [-0.2, 0) is 17.4 Å².